The molecule has 5 rings (SSSR count). The summed E-state index contributed by atoms with van der Waals surface area (Å²) in [6.07, 6.45) is -2.53. The van der Waals surface area contributed by atoms with Gasteiger partial charge in [-0.2, -0.15) is 13.2 Å². The van der Waals surface area contributed by atoms with Crippen molar-refractivity contribution in [3.05, 3.63) is 119 Å². The highest BCUT2D eigenvalue weighted by molar-refractivity contribution is 5.90. The number of halogens is 3. The van der Waals surface area contributed by atoms with E-state index in [9.17, 15) is 18.0 Å². The Labute approximate surface area is 208 Å². The molecule has 0 saturated carbocycles. The molecule has 1 atom stereocenters. The largest absolute Gasteiger partial charge is 0.416 e. The predicted octanol–water partition coefficient (Wildman–Crippen LogP) is 7.76. The SMILES string of the molecule is CC(C)c1ccc([C@@H]2c3cccn3-c3ccccc3CN2C(=O)Nc2cccc(C(F)(F)F)c2)cc1. The molecule has 1 aliphatic heterocycles. The van der Waals surface area contributed by atoms with Gasteiger partial charge < -0.3 is 14.8 Å². The van der Waals surface area contributed by atoms with Gasteiger partial charge in [0.2, 0.25) is 0 Å². The summed E-state index contributed by atoms with van der Waals surface area (Å²) in [7, 11) is 0. The molecule has 1 aromatic heterocycles. The van der Waals surface area contributed by atoms with Crippen molar-refractivity contribution in [1.29, 1.82) is 0 Å². The third-order valence-electron chi connectivity index (χ3n) is 6.58. The molecule has 4 nitrogen and oxygen atoms in total. The highest BCUT2D eigenvalue weighted by Crippen LogP contribution is 2.38. The van der Waals surface area contributed by atoms with Crippen LogP contribution in [0.5, 0.6) is 0 Å². The van der Waals surface area contributed by atoms with E-state index < -0.39 is 23.8 Å². The Morgan fingerprint density at radius 1 is 0.944 bits per heavy atom. The average Bonchev–Trinajstić information content (AvgIpc) is 3.28. The second kappa shape index (κ2) is 9.22. The molecule has 0 unspecified atom stereocenters. The van der Waals surface area contributed by atoms with E-state index in [-0.39, 0.29) is 5.69 Å². The van der Waals surface area contributed by atoms with Gasteiger partial charge in [-0.15, -0.1) is 0 Å². The number of benzene rings is 3. The van der Waals surface area contributed by atoms with Crippen molar-refractivity contribution >= 4 is 11.7 Å². The third kappa shape index (κ3) is 4.49. The van der Waals surface area contributed by atoms with Crippen LogP contribution in [0.4, 0.5) is 23.7 Å². The molecule has 0 fully saturated rings. The van der Waals surface area contributed by atoms with Crippen molar-refractivity contribution in [1.82, 2.24) is 9.47 Å². The molecule has 1 N–H and O–H groups in total. The minimum Gasteiger partial charge on any atom is -0.318 e. The van der Waals surface area contributed by atoms with Crippen LogP contribution in [0.1, 0.15) is 53.8 Å². The van der Waals surface area contributed by atoms with Crippen LogP contribution in [-0.2, 0) is 12.7 Å². The molecular weight excluding hydrogens is 463 g/mol. The molecule has 0 bridgehead atoms. The van der Waals surface area contributed by atoms with E-state index in [1.807, 2.05) is 54.7 Å². The summed E-state index contributed by atoms with van der Waals surface area (Å²) < 4.78 is 41.8. The zero-order chi connectivity index (χ0) is 25.4. The van der Waals surface area contributed by atoms with Gasteiger partial charge in [0.05, 0.1) is 23.8 Å². The molecular formula is C29H26F3N3O. The maximum Gasteiger partial charge on any atom is 0.416 e. The van der Waals surface area contributed by atoms with Crippen LogP contribution in [0.2, 0.25) is 0 Å². The second-order valence-electron chi connectivity index (χ2n) is 9.29. The summed E-state index contributed by atoms with van der Waals surface area (Å²) in [6, 6.07) is 23.7. The minimum absolute atomic E-state index is 0.0941. The monoisotopic (exact) mass is 489 g/mol. The van der Waals surface area contributed by atoms with Gasteiger partial charge in [0.25, 0.3) is 0 Å². The average molecular weight is 490 g/mol. The number of para-hydroxylation sites is 1. The lowest BCUT2D eigenvalue weighted by atomic mass is 9.97. The van der Waals surface area contributed by atoms with Crippen molar-refractivity contribution in [2.45, 2.75) is 38.5 Å². The lowest BCUT2D eigenvalue weighted by Gasteiger charge is -2.31. The highest BCUT2D eigenvalue weighted by Gasteiger charge is 2.34. The predicted molar refractivity (Wildman–Crippen MR) is 134 cm³/mol. The molecule has 7 heteroatoms. The van der Waals surface area contributed by atoms with Crippen LogP contribution in [0, 0.1) is 0 Å². The van der Waals surface area contributed by atoms with Gasteiger partial charge in [-0.05, 0) is 59.0 Å². The number of fused-ring (bicyclic) bond motifs is 3. The maximum absolute atomic E-state index is 13.7. The van der Waals surface area contributed by atoms with Gasteiger partial charge in [-0.25, -0.2) is 4.79 Å². The van der Waals surface area contributed by atoms with Gasteiger partial charge in [0.1, 0.15) is 0 Å². The van der Waals surface area contributed by atoms with Gasteiger partial charge in [0.15, 0.2) is 0 Å². The Kier molecular flexibility index (Phi) is 6.08. The first kappa shape index (κ1) is 23.7. The fourth-order valence-electron chi connectivity index (χ4n) is 4.72. The van der Waals surface area contributed by atoms with Crippen LogP contribution >= 0.6 is 0 Å². The van der Waals surface area contributed by atoms with Crippen molar-refractivity contribution in [3.8, 4) is 5.69 Å². The number of carbonyl (C=O) groups is 1. The lowest BCUT2D eigenvalue weighted by Crippen LogP contribution is -2.38. The smallest absolute Gasteiger partial charge is 0.318 e. The highest BCUT2D eigenvalue weighted by atomic mass is 19.4. The Morgan fingerprint density at radius 2 is 1.69 bits per heavy atom. The number of aromatic nitrogens is 1. The summed E-state index contributed by atoms with van der Waals surface area (Å²) in [5, 5.41) is 2.71. The van der Waals surface area contributed by atoms with Crippen molar-refractivity contribution in [3.63, 3.8) is 0 Å². The van der Waals surface area contributed by atoms with Crippen LogP contribution < -0.4 is 5.32 Å². The maximum atomic E-state index is 13.7. The van der Waals surface area contributed by atoms with Crippen molar-refractivity contribution in [2.24, 2.45) is 0 Å². The summed E-state index contributed by atoms with van der Waals surface area (Å²) in [5.74, 6) is 0.363. The third-order valence-corrected chi connectivity index (χ3v) is 6.58. The number of anilines is 1. The van der Waals surface area contributed by atoms with E-state index in [0.29, 0.717) is 12.5 Å². The molecule has 184 valence electrons. The minimum atomic E-state index is -4.50. The summed E-state index contributed by atoms with van der Waals surface area (Å²) in [5.41, 5.74) is 4.20. The molecule has 1 aliphatic rings. The zero-order valence-corrected chi connectivity index (χ0v) is 20.0. The van der Waals surface area contributed by atoms with Crippen LogP contribution in [0.15, 0.2) is 91.1 Å². The van der Waals surface area contributed by atoms with E-state index in [1.165, 1.54) is 17.7 Å². The Hall–Kier alpha value is -4.00. The molecule has 0 saturated heterocycles. The Balaban J connectivity index is 1.58. The first-order valence-corrected chi connectivity index (χ1v) is 11.8. The van der Waals surface area contributed by atoms with Crippen LogP contribution in [-0.4, -0.2) is 15.5 Å². The number of urea groups is 1. The fourth-order valence-corrected chi connectivity index (χ4v) is 4.72. The Bertz CT molecular complexity index is 1390. The molecule has 2 heterocycles. The number of hydrogen-bond acceptors (Lipinski definition) is 1. The number of amides is 2. The number of nitrogens with zero attached hydrogens (tertiary/aromatic N) is 2. The standard InChI is InChI=1S/C29H26F3N3O/c1-19(2)20-12-14-21(15-13-20)27-26-11-6-16-34(26)25-10-4-3-7-22(25)18-35(27)28(36)33-24-9-5-8-23(17-24)29(30,31)32/h3-17,19,27H,18H2,1-2H3,(H,33,36)/t27-/m1/s1. The normalized spacial score (nSPS) is 15.3. The summed E-state index contributed by atoms with van der Waals surface area (Å²) in [6.45, 7) is 4.54. The Morgan fingerprint density at radius 3 is 2.42 bits per heavy atom. The fraction of sp³-hybridized carbons (Fsp3) is 0.207. The lowest BCUT2D eigenvalue weighted by molar-refractivity contribution is -0.137. The van der Waals surface area contributed by atoms with E-state index >= 15 is 0 Å². The quantitative estimate of drug-likeness (QED) is 0.314. The number of hydrogen-bond donors (Lipinski definition) is 1. The number of carbonyl (C=O) groups excluding carboxylic acids is 1. The first-order chi connectivity index (χ1) is 17.2. The first-order valence-electron chi connectivity index (χ1n) is 11.8. The number of rotatable bonds is 3. The second-order valence-corrected chi connectivity index (χ2v) is 9.29. The molecule has 36 heavy (non-hydrogen) atoms. The summed E-state index contributed by atoms with van der Waals surface area (Å²) in [4.78, 5) is 15.4. The van der Waals surface area contributed by atoms with Crippen LogP contribution in [0.3, 0.4) is 0 Å². The zero-order valence-electron chi connectivity index (χ0n) is 20.0. The number of nitrogens with one attached hydrogen (secondary N) is 1. The molecule has 0 radical (unpaired) electrons. The molecule has 2 amide bonds. The molecule has 4 aromatic rings. The van der Waals surface area contributed by atoms with Crippen LogP contribution in [0.25, 0.3) is 5.69 Å². The van der Waals surface area contributed by atoms with E-state index in [4.69, 9.17) is 0 Å². The van der Waals surface area contributed by atoms with E-state index in [0.717, 1.165) is 34.6 Å². The molecule has 0 aliphatic carbocycles. The topological polar surface area (TPSA) is 37.3 Å². The molecule has 3 aromatic carbocycles. The van der Waals surface area contributed by atoms with E-state index in [2.05, 4.69) is 35.9 Å². The van der Waals surface area contributed by atoms with E-state index in [1.54, 1.807) is 4.90 Å². The summed E-state index contributed by atoms with van der Waals surface area (Å²) >= 11 is 0. The van der Waals surface area contributed by atoms with Gasteiger partial charge >= 0.3 is 12.2 Å². The van der Waals surface area contributed by atoms with Crippen molar-refractivity contribution < 1.29 is 18.0 Å². The molecule has 0 spiro atoms. The number of alkyl halides is 3. The van der Waals surface area contributed by atoms with Gasteiger partial charge in [-0.3, -0.25) is 0 Å². The van der Waals surface area contributed by atoms with Gasteiger partial charge in [-0.1, -0.05) is 62.4 Å². The van der Waals surface area contributed by atoms with Gasteiger partial charge in [0, 0.05) is 17.6 Å². The van der Waals surface area contributed by atoms with Crippen molar-refractivity contribution in [2.75, 3.05) is 5.32 Å².